The average molecular weight is 502 g/mol. The first-order valence-corrected chi connectivity index (χ1v) is 12.3. The quantitative estimate of drug-likeness (QED) is 0.335. The molecule has 0 saturated carbocycles. The summed E-state index contributed by atoms with van der Waals surface area (Å²) in [6.45, 7) is 0. The molecular formula is C32H19FO5. The van der Waals surface area contributed by atoms with E-state index < -0.39 is 52.0 Å². The average Bonchev–Trinajstić information content (AvgIpc) is 3.48. The second-order valence-electron chi connectivity index (χ2n) is 9.91. The lowest BCUT2D eigenvalue weighted by atomic mass is 9.60. The Balaban J connectivity index is 1.59. The molecule has 0 amide bonds. The van der Waals surface area contributed by atoms with Crippen LogP contribution in [0.15, 0.2) is 103 Å². The van der Waals surface area contributed by atoms with Crippen molar-refractivity contribution in [3.05, 3.63) is 142 Å². The van der Waals surface area contributed by atoms with E-state index in [0.29, 0.717) is 11.1 Å². The van der Waals surface area contributed by atoms with Crippen molar-refractivity contribution >= 4 is 23.1 Å². The number of rotatable bonds is 2. The zero-order valence-corrected chi connectivity index (χ0v) is 19.9. The number of carbonyl (C=O) groups is 4. The molecule has 38 heavy (non-hydrogen) atoms. The van der Waals surface area contributed by atoms with E-state index in [1.807, 2.05) is 0 Å². The zero-order valence-electron chi connectivity index (χ0n) is 19.9. The van der Waals surface area contributed by atoms with Gasteiger partial charge in [-0.1, -0.05) is 91.0 Å². The number of carbonyl (C=O) groups excluding carboxylic acids is 4. The van der Waals surface area contributed by atoms with Crippen LogP contribution in [0.1, 0.15) is 64.6 Å². The van der Waals surface area contributed by atoms with Gasteiger partial charge in [-0.15, -0.1) is 0 Å². The largest absolute Gasteiger partial charge is 0.348 e. The van der Waals surface area contributed by atoms with Crippen molar-refractivity contribution < 1.29 is 28.3 Å². The molecule has 0 N–H and O–H groups in total. The monoisotopic (exact) mass is 502 g/mol. The molecule has 1 fully saturated rings. The Morgan fingerprint density at radius 1 is 0.526 bits per heavy atom. The Bertz CT molecular complexity index is 1620. The summed E-state index contributed by atoms with van der Waals surface area (Å²) < 4.78 is 20.7. The summed E-state index contributed by atoms with van der Waals surface area (Å²) in [5.41, 5.74) is -2.60. The van der Waals surface area contributed by atoms with Crippen molar-refractivity contribution in [2.45, 2.75) is 17.6 Å². The highest BCUT2D eigenvalue weighted by atomic mass is 19.1. The van der Waals surface area contributed by atoms with Gasteiger partial charge in [0.25, 0.3) is 0 Å². The molecule has 2 atom stereocenters. The third kappa shape index (κ3) is 2.57. The van der Waals surface area contributed by atoms with Gasteiger partial charge < -0.3 is 4.74 Å². The van der Waals surface area contributed by atoms with Crippen LogP contribution in [0, 0.1) is 11.2 Å². The Morgan fingerprint density at radius 3 is 1.47 bits per heavy atom. The molecule has 0 unspecified atom stereocenters. The summed E-state index contributed by atoms with van der Waals surface area (Å²) in [4.78, 5) is 57.5. The summed E-state index contributed by atoms with van der Waals surface area (Å²) >= 11 is 0. The zero-order chi connectivity index (χ0) is 26.2. The number of hydrogen-bond acceptors (Lipinski definition) is 5. The van der Waals surface area contributed by atoms with Crippen LogP contribution in [0.5, 0.6) is 0 Å². The highest BCUT2D eigenvalue weighted by molar-refractivity contribution is 6.37. The van der Waals surface area contributed by atoms with Crippen molar-refractivity contribution in [2.24, 2.45) is 5.41 Å². The first kappa shape index (κ1) is 22.6. The maximum absolute atomic E-state index is 14.5. The van der Waals surface area contributed by atoms with E-state index in [9.17, 15) is 23.6 Å². The molecule has 0 radical (unpaired) electrons. The van der Waals surface area contributed by atoms with Gasteiger partial charge in [0.2, 0.25) is 17.2 Å². The Labute approximate surface area is 216 Å². The topological polar surface area (TPSA) is 77.5 Å². The van der Waals surface area contributed by atoms with E-state index in [2.05, 4.69) is 0 Å². The number of ether oxygens (including phenoxy) is 1. The minimum Gasteiger partial charge on any atom is -0.348 e. The van der Waals surface area contributed by atoms with Crippen molar-refractivity contribution in [2.75, 3.05) is 0 Å². The number of halogens is 1. The van der Waals surface area contributed by atoms with Crippen LogP contribution < -0.4 is 0 Å². The number of benzene rings is 4. The van der Waals surface area contributed by atoms with E-state index in [1.165, 1.54) is 24.3 Å². The number of Topliss-reactive ketones (excluding diaryl/α,β-unsaturated/α-hetero) is 4. The van der Waals surface area contributed by atoms with E-state index in [4.69, 9.17) is 4.74 Å². The van der Waals surface area contributed by atoms with Gasteiger partial charge in [-0.2, -0.15) is 0 Å². The fraction of sp³-hybridized carbons (Fsp3) is 0.125. The van der Waals surface area contributed by atoms with E-state index in [-0.39, 0.29) is 22.3 Å². The molecule has 7 rings (SSSR count). The molecule has 6 heteroatoms. The molecule has 3 aliphatic rings. The number of hydrogen-bond donors (Lipinski definition) is 0. The first-order chi connectivity index (χ1) is 18.4. The molecule has 5 nitrogen and oxygen atoms in total. The second kappa shape index (κ2) is 7.73. The fourth-order valence-corrected chi connectivity index (χ4v) is 6.61. The van der Waals surface area contributed by atoms with Crippen LogP contribution in [-0.2, 0) is 4.74 Å². The van der Waals surface area contributed by atoms with Crippen LogP contribution >= 0.6 is 0 Å². The van der Waals surface area contributed by atoms with Gasteiger partial charge in [0, 0.05) is 22.3 Å². The third-order valence-corrected chi connectivity index (χ3v) is 8.14. The molecule has 1 heterocycles. The van der Waals surface area contributed by atoms with Crippen LogP contribution in [-0.4, -0.2) is 28.7 Å². The minimum atomic E-state index is -2.19. The number of fused-ring (bicyclic) bond motifs is 2. The smallest absolute Gasteiger partial charge is 0.204 e. The molecule has 184 valence electrons. The Hall–Kier alpha value is -4.55. The van der Waals surface area contributed by atoms with E-state index >= 15 is 0 Å². The summed E-state index contributed by atoms with van der Waals surface area (Å²) in [7, 11) is 0. The van der Waals surface area contributed by atoms with Crippen molar-refractivity contribution in [1.29, 1.82) is 0 Å². The summed E-state index contributed by atoms with van der Waals surface area (Å²) in [6, 6.07) is 26.8. The third-order valence-electron chi connectivity index (χ3n) is 8.14. The summed E-state index contributed by atoms with van der Waals surface area (Å²) in [5.74, 6) is -4.12. The second-order valence-corrected chi connectivity index (χ2v) is 9.91. The number of ketones is 4. The first-order valence-electron chi connectivity index (χ1n) is 12.3. The summed E-state index contributed by atoms with van der Waals surface area (Å²) in [6.07, 6.45) is -1.24. The Kier molecular flexibility index (Phi) is 4.60. The van der Waals surface area contributed by atoms with Gasteiger partial charge in [-0.05, 0) is 23.3 Å². The molecule has 1 aliphatic heterocycles. The van der Waals surface area contributed by atoms with Gasteiger partial charge in [-0.25, -0.2) is 4.39 Å². The maximum Gasteiger partial charge on any atom is 0.204 e. The predicted molar refractivity (Wildman–Crippen MR) is 135 cm³/mol. The van der Waals surface area contributed by atoms with Crippen LogP contribution in [0.25, 0.3) is 0 Å². The standard InChI is InChI=1S/C32H19FO5/c33-20-16-14-18(15-17-20)25-31(26(34)21-10-4-5-11-22(21)27(31)35)30(19-8-2-1-3-9-19)38-32(25)28(36)23-12-6-7-13-24(23)29(32)37/h1-17,25,30H/t25-,30+/m1/s1. The van der Waals surface area contributed by atoms with Gasteiger partial charge >= 0.3 is 0 Å². The van der Waals surface area contributed by atoms with E-state index in [0.717, 1.165) is 0 Å². The fourth-order valence-electron chi connectivity index (χ4n) is 6.61. The maximum atomic E-state index is 14.5. The molecule has 2 aliphatic carbocycles. The predicted octanol–water partition coefficient (Wildman–Crippen LogP) is 5.56. The van der Waals surface area contributed by atoms with Crippen LogP contribution in [0.2, 0.25) is 0 Å². The van der Waals surface area contributed by atoms with Gasteiger partial charge in [0.05, 0.1) is 5.92 Å². The van der Waals surface area contributed by atoms with Crippen LogP contribution in [0.4, 0.5) is 4.39 Å². The van der Waals surface area contributed by atoms with Gasteiger partial charge in [0.1, 0.15) is 17.3 Å². The lowest BCUT2D eigenvalue weighted by molar-refractivity contribution is -0.0210. The summed E-state index contributed by atoms with van der Waals surface area (Å²) in [5, 5.41) is 0. The lowest BCUT2D eigenvalue weighted by Crippen LogP contribution is -2.51. The van der Waals surface area contributed by atoms with Crippen LogP contribution in [0.3, 0.4) is 0 Å². The highest BCUT2D eigenvalue weighted by Crippen LogP contribution is 2.67. The molecule has 4 aromatic rings. The molecule has 0 bridgehead atoms. The lowest BCUT2D eigenvalue weighted by Gasteiger charge is -2.34. The normalized spacial score (nSPS) is 22.3. The molecule has 2 spiro atoms. The Morgan fingerprint density at radius 2 is 0.974 bits per heavy atom. The molecule has 0 aromatic heterocycles. The van der Waals surface area contributed by atoms with Crippen molar-refractivity contribution in [3.8, 4) is 0 Å². The highest BCUT2D eigenvalue weighted by Gasteiger charge is 2.79. The molecule has 4 aromatic carbocycles. The van der Waals surface area contributed by atoms with Crippen molar-refractivity contribution in [3.63, 3.8) is 0 Å². The molecular weight excluding hydrogens is 483 g/mol. The molecule has 1 saturated heterocycles. The minimum absolute atomic E-state index is 0.170. The SMILES string of the molecule is O=C1c2ccccc2C(=O)C12O[C@@H](c1ccccc1)C1(C(=O)c3ccccc3C1=O)[C@H]2c1ccc(F)cc1. The van der Waals surface area contributed by atoms with Crippen molar-refractivity contribution in [1.82, 2.24) is 0 Å². The van der Waals surface area contributed by atoms with E-state index in [1.54, 1.807) is 78.9 Å². The van der Waals surface area contributed by atoms with Gasteiger partial charge in [0.15, 0.2) is 11.6 Å². The van der Waals surface area contributed by atoms with Gasteiger partial charge in [-0.3, -0.25) is 19.2 Å².